The van der Waals surface area contributed by atoms with Crippen LogP contribution in [0, 0.1) is 5.92 Å². The summed E-state index contributed by atoms with van der Waals surface area (Å²) in [5.41, 5.74) is 3.16. The molecule has 1 aliphatic heterocycles. The van der Waals surface area contributed by atoms with Crippen molar-refractivity contribution in [3.05, 3.63) is 59.9 Å². The Morgan fingerprint density at radius 1 is 1.13 bits per heavy atom. The predicted octanol–water partition coefficient (Wildman–Crippen LogP) is 3.98. The van der Waals surface area contributed by atoms with Crippen LogP contribution in [0.3, 0.4) is 0 Å². The Labute approximate surface area is 178 Å². The minimum atomic E-state index is 0.0712. The molecular weight excluding hydrogens is 374 g/mol. The number of pyridine rings is 1. The normalized spacial score (nSPS) is 15.1. The van der Waals surface area contributed by atoms with Gasteiger partial charge in [0, 0.05) is 62.6 Å². The van der Waals surface area contributed by atoms with E-state index in [9.17, 15) is 4.79 Å². The number of carbonyl (C=O) groups is 1. The molecule has 6 heteroatoms. The smallest absolute Gasteiger partial charge is 0.257 e. The first-order valence-corrected chi connectivity index (χ1v) is 10.9. The fourth-order valence-corrected chi connectivity index (χ4v) is 3.98. The molecule has 3 aromatic rings. The Morgan fingerprint density at radius 3 is 2.73 bits per heavy atom. The minimum absolute atomic E-state index is 0.0712. The summed E-state index contributed by atoms with van der Waals surface area (Å²) >= 11 is 0. The monoisotopic (exact) mass is 405 g/mol. The van der Waals surface area contributed by atoms with Crippen molar-refractivity contribution in [1.82, 2.24) is 19.8 Å². The molecule has 0 aliphatic carbocycles. The topological polar surface area (TPSA) is 64.3 Å². The zero-order chi connectivity index (χ0) is 20.9. The van der Waals surface area contributed by atoms with Gasteiger partial charge in [0.2, 0.25) is 0 Å². The molecule has 30 heavy (non-hydrogen) atoms. The molecule has 0 unspecified atom stereocenters. The Hall–Kier alpha value is -2.86. The molecule has 1 amide bonds. The Bertz CT molecular complexity index is 988. The average molecular weight is 406 g/mol. The number of aromatic amines is 1. The first-order chi connectivity index (χ1) is 14.6. The fourth-order valence-electron chi connectivity index (χ4n) is 3.98. The quantitative estimate of drug-likeness (QED) is 0.624. The van der Waals surface area contributed by atoms with E-state index in [0.717, 1.165) is 45.7 Å². The number of nitrogens with one attached hydrogen (secondary N) is 2. The van der Waals surface area contributed by atoms with E-state index in [2.05, 4.69) is 64.5 Å². The minimum Gasteiger partial charge on any atom is -0.369 e. The molecule has 1 aliphatic rings. The highest BCUT2D eigenvalue weighted by Crippen LogP contribution is 2.21. The largest absolute Gasteiger partial charge is 0.369 e. The van der Waals surface area contributed by atoms with Gasteiger partial charge in [-0.15, -0.1) is 0 Å². The SMILES string of the molecule is CC(C)CCNc1ncccc1C(=O)N1CCN(Cc2c[nH]c3ccccc23)CC1. The number of carbonyl (C=O) groups excluding carboxylic acids is 1. The van der Waals surface area contributed by atoms with Crippen molar-refractivity contribution in [2.75, 3.05) is 38.0 Å². The maximum atomic E-state index is 13.1. The summed E-state index contributed by atoms with van der Waals surface area (Å²) in [7, 11) is 0. The van der Waals surface area contributed by atoms with Crippen molar-refractivity contribution in [1.29, 1.82) is 0 Å². The van der Waals surface area contributed by atoms with Gasteiger partial charge in [0.1, 0.15) is 5.82 Å². The van der Waals surface area contributed by atoms with E-state index in [1.807, 2.05) is 17.0 Å². The number of nitrogens with zero attached hydrogens (tertiary/aromatic N) is 3. The molecule has 0 radical (unpaired) electrons. The lowest BCUT2D eigenvalue weighted by Crippen LogP contribution is -2.48. The average Bonchev–Trinajstić information content (AvgIpc) is 3.17. The van der Waals surface area contributed by atoms with Crippen LogP contribution in [0.15, 0.2) is 48.8 Å². The summed E-state index contributed by atoms with van der Waals surface area (Å²) in [5, 5.41) is 4.63. The number of rotatable bonds is 7. The third-order valence-corrected chi connectivity index (χ3v) is 5.78. The number of H-pyrrole nitrogens is 1. The van der Waals surface area contributed by atoms with Crippen LogP contribution in [0.5, 0.6) is 0 Å². The maximum Gasteiger partial charge on any atom is 0.257 e. The Kier molecular flexibility index (Phi) is 6.33. The fraction of sp³-hybridized carbons (Fsp3) is 0.417. The van der Waals surface area contributed by atoms with Crippen molar-refractivity contribution in [3.63, 3.8) is 0 Å². The number of para-hydroxylation sites is 1. The van der Waals surface area contributed by atoms with Gasteiger partial charge in [-0.2, -0.15) is 0 Å². The molecule has 1 fully saturated rings. The zero-order valence-corrected chi connectivity index (χ0v) is 17.9. The molecule has 0 spiro atoms. The van der Waals surface area contributed by atoms with Gasteiger partial charge in [-0.3, -0.25) is 9.69 Å². The maximum absolute atomic E-state index is 13.1. The Balaban J connectivity index is 1.35. The molecule has 1 aromatic carbocycles. The van der Waals surface area contributed by atoms with Gasteiger partial charge in [0.25, 0.3) is 5.91 Å². The lowest BCUT2D eigenvalue weighted by molar-refractivity contribution is 0.0629. The van der Waals surface area contributed by atoms with Crippen molar-refractivity contribution < 1.29 is 4.79 Å². The zero-order valence-electron chi connectivity index (χ0n) is 17.9. The van der Waals surface area contributed by atoms with Gasteiger partial charge in [-0.05, 0) is 36.1 Å². The molecule has 0 atom stereocenters. The third kappa shape index (κ3) is 4.65. The van der Waals surface area contributed by atoms with E-state index in [0.29, 0.717) is 17.3 Å². The molecule has 4 rings (SSSR count). The van der Waals surface area contributed by atoms with Crippen molar-refractivity contribution in [2.45, 2.75) is 26.8 Å². The van der Waals surface area contributed by atoms with Gasteiger partial charge in [-0.1, -0.05) is 32.0 Å². The van der Waals surface area contributed by atoms with Crippen molar-refractivity contribution in [2.24, 2.45) is 5.92 Å². The van der Waals surface area contributed by atoms with Gasteiger partial charge in [0.15, 0.2) is 0 Å². The lowest BCUT2D eigenvalue weighted by Gasteiger charge is -2.35. The summed E-state index contributed by atoms with van der Waals surface area (Å²) in [6.07, 6.45) is 4.90. The van der Waals surface area contributed by atoms with E-state index in [-0.39, 0.29) is 5.91 Å². The molecular formula is C24H31N5O. The number of hydrogen-bond acceptors (Lipinski definition) is 4. The first-order valence-electron chi connectivity index (χ1n) is 10.9. The molecule has 0 saturated carbocycles. The molecule has 2 N–H and O–H groups in total. The summed E-state index contributed by atoms with van der Waals surface area (Å²) in [6, 6.07) is 12.1. The van der Waals surface area contributed by atoms with Crippen LogP contribution >= 0.6 is 0 Å². The van der Waals surface area contributed by atoms with E-state index in [1.165, 1.54) is 16.5 Å². The van der Waals surface area contributed by atoms with E-state index in [4.69, 9.17) is 0 Å². The highest BCUT2D eigenvalue weighted by Gasteiger charge is 2.24. The number of fused-ring (bicyclic) bond motifs is 1. The number of hydrogen-bond donors (Lipinski definition) is 2. The van der Waals surface area contributed by atoms with Crippen LogP contribution in [0.25, 0.3) is 10.9 Å². The van der Waals surface area contributed by atoms with Gasteiger partial charge < -0.3 is 15.2 Å². The van der Waals surface area contributed by atoms with Crippen LogP contribution in [0.4, 0.5) is 5.82 Å². The number of aromatic nitrogens is 2. The first kappa shape index (κ1) is 20.4. The van der Waals surface area contributed by atoms with Gasteiger partial charge in [-0.25, -0.2) is 4.98 Å². The van der Waals surface area contributed by atoms with Crippen molar-refractivity contribution in [3.8, 4) is 0 Å². The predicted molar refractivity (Wildman–Crippen MR) is 122 cm³/mol. The Morgan fingerprint density at radius 2 is 1.93 bits per heavy atom. The van der Waals surface area contributed by atoms with Gasteiger partial charge in [0.05, 0.1) is 5.56 Å². The second-order valence-electron chi connectivity index (χ2n) is 8.44. The van der Waals surface area contributed by atoms with Crippen molar-refractivity contribution >= 4 is 22.6 Å². The molecule has 1 saturated heterocycles. The highest BCUT2D eigenvalue weighted by molar-refractivity contribution is 5.98. The van der Waals surface area contributed by atoms with E-state index < -0.39 is 0 Å². The van der Waals surface area contributed by atoms with E-state index >= 15 is 0 Å². The van der Waals surface area contributed by atoms with Crippen LogP contribution in [-0.2, 0) is 6.54 Å². The summed E-state index contributed by atoms with van der Waals surface area (Å²) in [6.45, 7) is 9.35. The number of piperazine rings is 1. The second kappa shape index (κ2) is 9.30. The molecule has 3 heterocycles. The van der Waals surface area contributed by atoms with Gasteiger partial charge >= 0.3 is 0 Å². The number of benzene rings is 1. The van der Waals surface area contributed by atoms with Crippen LogP contribution < -0.4 is 5.32 Å². The highest BCUT2D eigenvalue weighted by atomic mass is 16.2. The summed E-state index contributed by atoms with van der Waals surface area (Å²) in [5.74, 6) is 1.39. The molecule has 0 bridgehead atoms. The number of amides is 1. The summed E-state index contributed by atoms with van der Waals surface area (Å²) in [4.78, 5) is 25.3. The molecule has 2 aromatic heterocycles. The standard InChI is InChI=1S/C24H31N5O/c1-18(2)9-11-26-23-21(7-5-10-25-23)24(30)29-14-12-28(13-15-29)17-19-16-27-22-8-4-3-6-20(19)22/h3-8,10,16,18,27H,9,11-15,17H2,1-2H3,(H,25,26). The van der Waals surface area contributed by atoms with Crippen LogP contribution in [0.1, 0.15) is 36.2 Å². The second-order valence-corrected chi connectivity index (χ2v) is 8.44. The van der Waals surface area contributed by atoms with Crippen LogP contribution in [-0.4, -0.2) is 58.4 Å². The number of anilines is 1. The third-order valence-electron chi connectivity index (χ3n) is 5.78. The molecule has 158 valence electrons. The molecule has 6 nitrogen and oxygen atoms in total. The summed E-state index contributed by atoms with van der Waals surface area (Å²) < 4.78 is 0. The van der Waals surface area contributed by atoms with Crippen LogP contribution in [0.2, 0.25) is 0 Å². The van der Waals surface area contributed by atoms with E-state index in [1.54, 1.807) is 6.20 Å². The lowest BCUT2D eigenvalue weighted by atomic mass is 10.1.